The zero-order valence-corrected chi connectivity index (χ0v) is 10.3. The molecule has 4 nitrogen and oxygen atoms in total. The molecule has 0 aliphatic carbocycles. The molecule has 0 amide bonds. The minimum atomic E-state index is 0.172. The number of hydrogen-bond acceptors (Lipinski definition) is 4. The summed E-state index contributed by atoms with van der Waals surface area (Å²) in [5.41, 5.74) is 1.06. The Morgan fingerprint density at radius 3 is 2.89 bits per heavy atom. The largest absolute Gasteiger partial charge is 0.486 e. The Labute approximate surface area is 107 Å². The molecule has 0 unspecified atom stereocenters. The van der Waals surface area contributed by atoms with Gasteiger partial charge in [-0.2, -0.15) is 0 Å². The maximum atomic E-state index is 8.59. The van der Waals surface area contributed by atoms with Gasteiger partial charge in [0.25, 0.3) is 0 Å². The molecule has 1 aromatic carbocycles. The molecule has 0 bridgehead atoms. The van der Waals surface area contributed by atoms with E-state index >= 15 is 0 Å². The second-order valence-corrected chi connectivity index (χ2v) is 3.96. The summed E-state index contributed by atoms with van der Waals surface area (Å²) in [4.78, 5) is 0. The summed E-state index contributed by atoms with van der Waals surface area (Å²) >= 11 is 0. The summed E-state index contributed by atoms with van der Waals surface area (Å²) in [6.07, 6.45) is 4.61. The van der Waals surface area contributed by atoms with E-state index in [0.29, 0.717) is 32.8 Å². The van der Waals surface area contributed by atoms with Crippen LogP contribution in [0.25, 0.3) is 6.08 Å². The lowest BCUT2D eigenvalue weighted by Crippen LogP contribution is -2.15. The van der Waals surface area contributed by atoms with Gasteiger partial charge in [-0.05, 0) is 24.1 Å². The van der Waals surface area contributed by atoms with E-state index in [2.05, 4.69) is 0 Å². The molecule has 4 heteroatoms. The summed E-state index contributed by atoms with van der Waals surface area (Å²) in [5.74, 6) is 1.60. The molecule has 1 aliphatic heterocycles. The predicted molar refractivity (Wildman–Crippen MR) is 69.0 cm³/mol. The third-order valence-electron chi connectivity index (χ3n) is 2.54. The van der Waals surface area contributed by atoms with Crippen LogP contribution in [0, 0.1) is 0 Å². The smallest absolute Gasteiger partial charge is 0.161 e. The number of aliphatic hydroxyl groups excluding tert-OH is 1. The molecule has 1 heterocycles. The van der Waals surface area contributed by atoms with Crippen LogP contribution in [0.2, 0.25) is 0 Å². The molecule has 0 saturated heterocycles. The highest BCUT2D eigenvalue weighted by molar-refractivity contribution is 5.56. The summed E-state index contributed by atoms with van der Waals surface area (Å²) in [6.45, 7) is 2.52. The van der Waals surface area contributed by atoms with Crippen LogP contribution in [-0.4, -0.2) is 38.1 Å². The van der Waals surface area contributed by atoms with Crippen molar-refractivity contribution < 1.29 is 19.3 Å². The van der Waals surface area contributed by atoms with Gasteiger partial charge in [-0.15, -0.1) is 0 Å². The van der Waals surface area contributed by atoms with Gasteiger partial charge in [0.1, 0.15) is 13.2 Å². The van der Waals surface area contributed by atoms with Crippen molar-refractivity contribution in [1.29, 1.82) is 0 Å². The van der Waals surface area contributed by atoms with Crippen molar-refractivity contribution in [1.82, 2.24) is 0 Å². The Hall–Kier alpha value is -1.52. The van der Waals surface area contributed by atoms with Crippen LogP contribution in [-0.2, 0) is 4.74 Å². The third-order valence-corrected chi connectivity index (χ3v) is 2.54. The lowest BCUT2D eigenvalue weighted by molar-refractivity contribution is 0.139. The molecule has 0 atom stereocenters. The standard InChI is InChI=1S/C14H18O4/c15-6-2-8-16-7-1-3-12-4-5-13-14(11-12)18-10-9-17-13/h1,3-5,11,15H,2,6-10H2. The molecule has 0 aromatic heterocycles. The maximum absolute atomic E-state index is 8.59. The number of aliphatic hydroxyl groups is 1. The van der Waals surface area contributed by atoms with Crippen LogP contribution in [0.5, 0.6) is 11.5 Å². The highest BCUT2D eigenvalue weighted by Gasteiger charge is 2.10. The Morgan fingerprint density at radius 2 is 2.06 bits per heavy atom. The van der Waals surface area contributed by atoms with Gasteiger partial charge in [0.05, 0.1) is 6.61 Å². The van der Waals surface area contributed by atoms with E-state index in [0.717, 1.165) is 17.1 Å². The van der Waals surface area contributed by atoms with E-state index in [4.69, 9.17) is 19.3 Å². The molecule has 2 rings (SSSR count). The van der Waals surface area contributed by atoms with E-state index in [1.54, 1.807) is 0 Å². The van der Waals surface area contributed by atoms with Crippen LogP contribution in [0.15, 0.2) is 24.3 Å². The van der Waals surface area contributed by atoms with Crippen LogP contribution < -0.4 is 9.47 Å². The molecule has 1 aromatic rings. The Balaban J connectivity index is 1.83. The van der Waals surface area contributed by atoms with Gasteiger partial charge in [-0.3, -0.25) is 0 Å². The fourth-order valence-electron chi connectivity index (χ4n) is 1.67. The lowest BCUT2D eigenvalue weighted by Gasteiger charge is -2.18. The van der Waals surface area contributed by atoms with Crippen molar-refractivity contribution in [3.63, 3.8) is 0 Å². The minimum absolute atomic E-state index is 0.172. The first kappa shape index (κ1) is 12.9. The number of ether oxygens (including phenoxy) is 3. The van der Waals surface area contributed by atoms with Crippen molar-refractivity contribution in [3.8, 4) is 11.5 Å². The fourth-order valence-corrected chi connectivity index (χ4v) is 1.67. The van der Waals surface area contributed by atoms with Gasteiger partial charge >= 0.3 is 0 Å². The number of benzene rings is 1. The van der Waals surface area contributed by atoms with Gasteiger partial charge in [0, 0.05) is 13.2 Å². The van der Waals surface area contributed by atoms with Gasteiger partial charge in [-0.1, -0.05) is 18.2 Å². The normalized spacial score (nSPS) is 14.1. The van der Waals surface area contributed by atoms with Crippen LogP contribution in [0.4, 0.5) is 0 Å². The van der Waals surface area contributed by atoms with E-state index in [9.17, 15) is 0 Å². The van der Waals surface area contributed by atoms with E-state index in [-0.39, 0.29) is 6.61 Å². The van der Waals surface area contributed by atoms with Crippen molar-refractivity contribution in [2.75, 3.05) is 33.0 Å². The average molecular weight is 250 g/mol. The number of fused-ring (bicyclic) bond motifs is 1. The monoisotopic (exact) mass is 250 g/mol. The number of rotatable bonds is 6. The molecule has 0 radical (unpaired) electrons. The molecule has 0 fully saturated rings. The Bertz CT molecular complexity index is 401. The van der Waals surface area contributed by atoms with Crippen molar-refractivity contribution in [2.24, 2.45) is 0 Å². The molecular weight excluding hydrogens is 232 g/mol. The van der Waals surface area contributed by atoms with Crippen LogP contribution in [0.3, 0.4) is 0 Å². The first-order chi connectivity index (χ1) is 8.90. The molecule has 0 spiro atoms. The number of hydrogen-bond donors (Lipinski definition) is 1. The second kappa shape index (κ2) is 7.03. The first-order valence-electron chi connectivity index (χ1n) is 6.15. The zero-order chi connectivity index (χ0) is 12.6. The average Bonchev–Trinajstić information content (AvgIpc) is 2.42. The Kier molecular flexibility index (Phi) is 5.05. The molecular formula is C14H18O4. The summed E-state index contributed by atoms with van der Waals surface area (Å²) in [6, 6.07) is 5.86. The third kappa shape index (κ3) is 3.75. The van der Waals surface area contributed by atoms with Gasteiger partial charge in [0.15, 0.2) is 11.5 Å². The minimum Gasteiger partial charge on any atom is -0.486 e. The maximum Gasteiger partial charge on any atom is 0.161 e. The quantitative estimate of drug-likeness (QED) is 0.783. The van der Waals surface area contributed by atoms with E-state index < -0.39 is 0 Å². The summed E-state index contributed by atoms with van der Waals surface area (Å²) < 4.78 is 16.3. The summed E-state index contributed by atoms with van der Waals surface area (Å²) in [7, 11) is 0. The molecule has 98 valence electrons. The first-order valence-corrected chi connectivity index (χ1v) is 6.15. The lowest BCUT2D eigenvalue weighted by atomic mass is 10.2. The predicted octanol–water partition coefficient (Wildman–Crippen LogP) is 1.87. The molecule has 1 aliphatic rings. The van der Waals surface area contributed by atoms with Gasteiger partial charge < -0.3 is 19.3 Å². The molecule has 1 N–H and O–H groups in total. The molecule has 0 saturated carbocycles. The Morgan fingerprint density at radius 1 is 1.22 bits per heavy atom. The fraction of sp³-hybridized carbons (Fsp3) is 0.429. The SMILES string of the molecule is OCCCOCC=Cc1ccc2c(c1)OCCO2. The highest BCUT2D eigenvalue weighted by atomic mass is 16.6. The van der Waals surface area contributed by atoms with Crippen LogP contribution in [0.1, 0.15) is 12.0 Å². The zero-order valence-electron chi connectivity index (χ0n) is 10.3. The molecule has 18 heavy (non-hydrogen) atoms. The van der Waals surface area contributed by atoms with E-state index in [1.165, 1.54) is 0 Å². The summed E-state index contributed by atoms with van der Waals surface area (Å²) in [5, 5.41) is 8.59. The van der Waals surface area contributed by atoms with Crippen LogP contribution >= 0.6 is 0 Å². The second-order valence-electron chi connectivity index (χ2n) is 3.96. The van der Waals surface area contributed by atoms with Crippen molar-refractivity contribution in [2.45, 2.75) is 6.42 Å². The topological polar surface area (TPSA) is 47.9 Å². The highest BCUT2D eigenvalue weighted by Crippen LogP contribution is 2.30. The van der Waals surface area contributed by atoms with Gasteiger partial charge in [-0.25, -0.2) is 0 Å². The van der Waals surface area contributed by atoms with Gasteiger partial charge in [0.2, 0.25) is 0 Å². The van der Waals surface area contributed by atoms with E-state index in [1.807, 2.05) is 30.4 Å². The van der Waals surface area contributed by atoms with Crippen molar-refractivity contribution in [3.05, 3.63) is 29.8 Å². The van der Waals surface area contributed by atoms with Crippen molar-refractivity contribution >= 4 is 6.08 Å².